The van der Waals surface area contributed by atoms with Gasteiger partial charge in [-0.05, 0) is 55.0 Å². The summed E-state index contributed by atoms with van der Waals surface area (Å²) in [5.74, 6) is -0.423. The highest BCUT2D eigenvalue weighted by Gasteiger charge is 2.37. The van der Waals surface area contributed by atoms with Crippen LogP contribution < -0.4 is 19.7 Å². The Labute approximate surface area is 204 Å². The minimum atomic E-state index is -0.817. The second-order valence-corrected chi connectivity index (χ2v) is 8.39. The van der Waals surface area contributed by atoms with Crippen LogP contribution in [-0.4, -0.2) is 31.6 Å². The van der Waals surface area contributed by atoms with E-state index in [9.17, 15) is 14.4 Å². The third-order valence-electron chi connectivity index (χ3n) is 5.46. The molecule has 3 rings (SSSR count). The summed E-state index contributed by atoms with van der Waals surface area (Å²) in [6, 6.07) is 10.6. The van der Waals surface area contributed by atoms with Crippen molar-refractivity contribution in [3.63, 3.8) is 0 Å². The first-order valence-corrected chi connectivity index (χ1v) is 11.8. The zero-order valence-electron chi connectivity index (χ0n) is 19.4. The van der Waals surface area contributed by atoms with Crippen LogP contribution in [0.1, 0.15) is 51.0 Å². The average Bonchev–Trinajstić information content (AvgIpc) is 2.82. The number of benzene rings is 2. The number of hydrogen-bond donors (Lipinski definition) is 1. The number of amides is 4. The van der Waals surface area contributed by atoms with Gasteiger partial charge >= 0.3 is 6.03 Å². The van der Waals surface area contributed by atoms with Crippen molar-refractivity contribution in [2.75, 3.05) is 18.6 Å². The maximum atomic E-state index is 13.2. The minimum Gasteiger partial charge on any atom is -0.497 e. The Bertz CT molecular complexity index is 1070. The molecule has 7 nitrogen and oxygen atoms in total. The third-order valence-corrected chi connectivity index (χ3v) is 5.69. The number of methoxy groups -OCH3 is 1. The highest BCUT2D eigenvalue weighted by molar-refractivity contribution is 6.39. The first-order valence-electron chi connectivity index (χ1n) is 11.4. The molecule has 2 aromatic rings. The number of nitrogens with one attached hydrogen (secondary N) is 1. The number of anilines is 1. The number of nitrogens with zero attached hydrogens (tertiary/aromatic N) is 1. The van der Waals surface area contributed by atoms with E-state index in [1.165, 1.54) is 38.9 Å². The molecule has 8 heteroatoms. The van der Waals surface area contributed by atoms with Crippen molar-refractivity contribution in [1.82, 2.24) is 5.32 Å². The van der Waals surface area contributed by atoms with E-state index in [0.717, 1.165) is 17.7 Å². The number of carbonyl (C=O) groups is 3. The third kappa shape index (κ3) is 6.38. The van der Waals surface area contributed by atoms with Gasteiger partial charge < -0.3 is 9.47 Å². The normalized spacial score (nSPS) is 15.0. The molecule has 0 bridgehead atoms. The van der Waals surface area contributed by atoms with E-state index in [-0.39, 0.29) is 5.57 Å². The van der Waals surface area contributed by atoms with E-state index >= 15 is 0 Å². The number of rotatable bonds is 11. The predicted molar refractivity (Wildman–Crippen MR) is 132 cm³/mol. The summed E-state index contributed by atoms with van der Waals surface area (Å²) in [4.78, 5) is 39.0. The Balaban J connectivity index is 1.79. The summed E-state index contributed by atoms with van der Waals surface area (Å²) in [6.45, 7) is 2.70. The smallest absolute Gasteiger partial charge is 0.335 e. The van der Waals surface area contributed by atoms with Gasteiger partial charge in [-0.2, -0.15) is 0 Å². The Hall–Kier alpha value is -3.32. The molecule has 180 valence electrons. The van der Waals surface area contributed by atoms with Crippen molar-refractivity contribution in [2.45, 2.75) is 45.4 Å². The van der Waals surface area contributed by atoms with Crippen LogP contribution in [0.15, 0.2) is 48.0 Å². The molecule has 4 amide bonds. The van der Waals surface area contributed by atoms with Gasteiger partial charge in [0.25, 0.3) is 11.8 Å². The number of barbiturate groups is 1. The van der Waals surface area contributed by atoms with Crippen molar-refractivity contribution >= 4 is 41.2 Å². The average molecular weight is 485 g/mol. The van der Waals surface area contributed by atoms with Crippen LogP contribution in [0, 0.1) is 0 Å². The Morgan fingerprint density at radius 2 is 1.68 bits per heavy atom. The second kappa shape index (κ2) is 12.2. The van der Waals surface area contributed by atoms with Crippen molar-refractivity contribution in [3.8, 4) is 11.5 Å². The van der Waals surface area contributed by atoms with Gasteiger partial charge in [0.2, 0.25) is 0 Å². The number of ether oxygens (including phenoxy) is 2. The predicted octanol–water partition coefficient (Wildman–Crippen LogP) is 5.75. The molecule has 1 aliphatic rings. The van der Waals surface area contributed by atoms with Crippen LogP contribution >= 0.6 is 11.6 Å². The van der Waals surface area contributed by atoms with E-state index in [1.54, 1.807) is 42.5 Å². The Morgan fingerprint density at radius 1 is 0.971 bits per heavy atom. The molecule has 1 heterocycles. The minimum absolute atomic E-state index is 0.192. The van der Waals surface area contributed by atoms with Crippen molar-refractivity contribution < 1.29 is 23.9 Å². The molecule has 0 spiro atoms. The summed E-state index contributed by atoms with van der Waals surface area (Å²) in [7, 11) is 1.52. The molecular weight excluding hydrogens is 456 g/mol. The molecule has 1 N–H and O–H groups in total. The molecule has 0 radical (unpaired) electrons. The van der Waals surface area contributed by atoms with Crippen molar-refractivity contribution in [2.24, 2.45) is 0 Å². The van der Waals surface area contributed by atoms with Gasteiger partial charge in [-0.3, -0.25) is 14.9 Å². The zero-order chi connectivity index (χ0) is 24.5. The Morgan fingerprint density at radius 3 is 2.38 bits per heavy atom. The van der Waals surface area contributed by atoms with Crippen LogP contribution in [0.25, 0.3) is 6.08 Å². The largest absolute Gasteiger partial charge is 0.497 e. The molecule has 1 saturated heterocycles. The molecule has 0 atom stereocenters. The van der Waals surface area contributed by atoms with Crippen LogP contribution in [0.3, 0.4) is 0 Å². The van der Waals surface area contributed by atoms with Crippen molar-refractivity contribution in [3.05, 3.63) is 58.6 Å². The van der Waals surface area contributed by atoms with Gasteiger partial charge in [0.15, 0.2) is 0 Å². The molecule has 34 heavy (non-hydrogen) atoms. The summed E-state index contributed by atoms with van der Waals surface area (Å²) >= 11 is 6.17. The number of imide groups is 2. The van der Waals surface area contributed by atoms with Gasteiger partial charge in [0.05, 0.1) is 19.4 Å². The van der Waals surface area contributed by atoms with Gasteiger partial charge in [0.1, 0.15) is 17.1 Å². The topological polar surface area (TPSA) is 84.9 Å². The van der Waals surface area contributed by atoms with E-state index < -0.39 is 17.8 Å². The van der Waals surface area contributed by atoms with Crippen LogP contribution in [0.2, 0.25) is 5.02 Å². The van der Waals surface area contributed by atoms with Gasteiger partial charge in [-0.15, -0.1) is 0 Å². The van der Waals surface area contributed by atoms with Crippen LogP contribution in [0.4, 0.5) is 10.5 Å². The highest BCUT2D eigenvalue weighted by atomic mass is 35.5. The number of halogens is 1. The molecular formula is C26H29ClN2O5. The maximum Gasteiger partial charge on any atom is 0.335 e. The zero-order valence-corrected chi connectivity index (χ0v) is 20.2. The summed E-state index contributed by atoms with van der Waals surface area (Å²) in [5.41, 5.74) is 0.607. The first-order chi connectivity index (χ1) is 16.4. The van der Waals surface area contributed by atoms with Crippen molar-refractivity contribution in [1.29, 1.82) is 0 Å². The van der Waals surface area contributed by atoms with Gasteiger partial charge in [-0.25, -0.2) is 9.69 Å². The van der Waals surface area contributed by atoms with Gasteiger partial charge in [0, 0.05) is 10.6 Å². The SMILES string of the molecule is CCCCCCCCOc1ccc(Cl)cc1C=C1C(=O)NC(=O)N(c2ccc(OC)cc2)C1=O. The van der Waals surface area contributed by atoms with E-state index in [1.807, 2.05) is 0 Å². The van der Waals surface area contributed by atoms with E-state index in [2.05, 4.69) is 12.2 Å². The molecule has 1 fully saturated rings. The van der Waals surface area contributed by atoms with E-state index in [4.69, 9.17) is 21.1 Å². The van der Waals surface area contributed by atoms with Gasteiger partial charge in [-0.1, -0.05) is 50.6 Å². The second-order valence-electron chi connectivity index (χ2n) is 7.95. The highest BCUT2D eigenvalue weighted by Crippen LogP contribution is 2.28. The maximum absolute atomic E-state index is 13.2. The molecule has 0 aromatic heterocycles. The number of hydrogen-bond acceptors (Lipinski definition) is 5. The van der Waals surface area contributed by atoms with Crippen LogP contribution in [-0.2, 0) is 9.59 Å². The lowest BCUT2D eigenvalue weighted by atomic mass is 10.1. The monoisotopic (exact) mass is 484 g/mol. The quantitative estimate of drug-likeness (QED) is 0.249. The lowest BCUT2D eigenvalue weighted by molar-refractivity contribution is -0.122. The lowest BCUT2D eigenvalue weighted by Crippen LogP contribution is -2.54. The number of urea groups is 1. The van der Waals surface area contributed by atoms with E-state index in [0.29, 0.717) is 34.4 Å². The fourth-order valence-electron chi connectivity index (χ4n) is 3.61. The Kier molecular flexibility index (Phi) is 9.10. The fourth-order valence-corrected chi connectivity index (χ4v) is 3.79. The summed E-state index contributed by atoms with van der Waals surface area (Å²) in [6.07, 6.45) is 8.21. The summed E-state index contributed by atoms with van der Waals surface area (Å²) in [5, 5.41) is 2.66. The fraction of sp³-hybridized carbons (Fsp3) is 0.346. The van der Waals surface area contributed by atoms with Crippen LogP contribution in [0.5, 0.6) is 11.5 Å². The molecule has 2 aromatic carbocycles. The molecule has 0 saturated carbocycles. The molecule has 0 aliphatic carbocycles. The molecule has 0 unspecified atom stereocenters. The summed E-state index contributed by atoms with van der Waals surface area (Å²) < 4.78 is 11.0. The standard InChI is InChI=1S/C26H29ClN2O5/c1-3-4-5-6-7-8-15-34-23-14-9-19(27)16-18(23)17-22-24(30)28-26(32)29(25(22)31)20-10-12-21(33-2)13-11-20/h9-14,16-17H,3-8,15H2,1-2H3,(H,28,30,32). The lowest BCUT2D eigenvalue weighted by Gasteiger charge is -2.26. The number of carbonyl (C=O) groups excluding carboxylic acids is 3. The first kappa shape index (κ1) is 25.3. The molecule has 1 aliphatic heterocycles. The number of unbranched alkanes of at least 4 members (excludes halogenated alkanes) is 5.